The van der Waals surface area contributed by atoms with E-state index in [1.807, 2.05) is 0 Å². The van der Waals surface area contributed by atoms with E-state index >= 15 is 0 Å². The number of likely N-dealkylation sites (N-methyl/N-ethyl adjacent to an activating group) is 1. The summed E-state index contributed by atoms with van der Waals surface area (Å²) in [6.07, 6.45) is 4.62. The zero-order chi connectivity index (χ0) is 21.6. The van der Waals surface area contributed by atoms with Crippen LogP contribution < -0.4 is 0 Å². The number of rotatable bonds is 3. The predicted octanol–water partition coefficient (Wildman–Crippen LogP) is 2.14. The first-order valence-electron chi connectivity index (χ1n) is 12.2. The lowest BCUT2D eigenvalue weighted by atomic mass is 9.75. The summed E-state index contributed by atoms with van der Waals surface area (Å²) in [5.41, 5.74) is 0.326. The maximum absolute atomic E-state index is 6.42. The first kappa shape index (κ1) is 22.9. The molecule has 30 heavy (non-hydrogen) atoms. The summed E-state index contributed by atoms with van der Waals surface area (Å²) in [4.78, 5) is 10.4. The molecule has 4 saturated heterocycles. The highest BCUT2D eigenvalue weighted by atomic mass is 16.5. The number of likely N-dealkylation sites (tertiary alicyclic amines) is 2. The summed E-state index contributed by atoms with van der Waals surface area (Å²) < 4.78 is 12.7. The topological polar surface area (TPSA) is 31.4 Å². The van der Waals surface area contributed by atoms with Crippen LogP contribution in [0.4, 0.5) is 0 Å². The number of hydrogen-bond donors (Lipinski definition) is 0. The van der Waals surface area contributed by atoms with E-state index in [9.17, 15) is 0 Å². The van der Waals surface area contributed by atoms with E-state index in [0.717, 1.165) is 91.3 Å². The van der Waals surface area contributed by atoms with E-state index in [4.69, 9.17) is 9.47 Å². The molecule has 6 heteroatoms. The lowest BCUT2D eigenvalue weighted by Gasteiger charge is -2.60. The summed E-state index contributed by atoms with van der Waals surface area (Å²) in [7, 11) is 4.47. The molecule has 0 radical (unpaired) electrons. The van der Waals surface area contributed by atoms with Gasteiger partial charge in [-0.05, 0) is 67.5 Å². The molecule has 0 aliphatic carbocycles. The van der Waals surface area contributed by atoms with Gasteiger partial charge in [-0.2, -0.15) is 0 Å². The highest BCUT2D eigenvalue weighted by molar-refractivity contribution is 5.08. The van der Waals surface area contributed by atoms with Crippen LogP contribution in [-0.4, -0.2) is 122 Å². The zero-order valence-electron chi connectivity index (χ0n) is 20.5. The molecule has 0 N–H and O–H groups in total. The van der Waals surface area contributed by atoms with Gasteiger partial charge in [0.15, 0.2) is 0 Å². The SMILES string of the molecule is CN1CCC2(CC1)CN(C(C)(C)C(C)(C)N1CCC3(CC1)CN(C)CCO3)CCO2. The van der Waals surface area contributed by atoms with Crippen LogP contribution in [-0.2, 0) is 9.47 Å². The minimum Gasteiger partial charge on any atom is -0.372 e. The number of hydrogen-bond acceptors (Lipinski definition) is 6. The molecule has 0 aromatic heterocycles. The highest BCUT2D eigenvalue weighted by Gasteiger charge is 2.51. The number of nitrogens with zero attached hydrogens (tertiary/aromatic N) is 4. The predicted molar refractivity (Wildman–Crippen MR) is 122 cm³/mol. The van der Waals surface area contributed by atoms with E-state index in [0.29, 0.717) is 0 Å². The Morgan fingerprint density at radius 1 is 0.567 bits per heavy atom. The molecule has 4 rings (SSSR count). The van der Waals surface area contributed by atoms with E-state index < -0.39 is 0 Å². The molecule has 0 bridgehead atoms. The Labute approximate surface area is 184 Å². The molecule has 4 heterocycles. The smallest absolute Gasteiger partial charge is 0.0834 e. The Bertz CT molecular complexity index is 592. The molecule has 0 aromatic rings. The average Bonchev–Trinajstić information content (AvgIpc) is 2.71. The summed E-state index contributed by atoms with van der Waals surface area (Å²) in [5, 5.41) is 0. The molecule has 0 aromatic carbocycles. The van der Waals surface area contributed by atoms with Crippen molar-refractivity contribution in [3.63, 3.8) is 0 Å². The van der Waals surface area contributed by atoms with Gasteiger partial charge in [-0.15, -0.1) is 0 Å². The number of piperidine rings is 2. The van der Waals surface area contributed by atoms with Crippen LogP contribution in [0.15, 0.2) is 0 Å². The van der Waals surface area contributed by atoms with Crippen LogP contribution in [0.2, 0.25) is 0 Å². The third-order valence-electron chi connectivity index (χ3n) is 9.34. The van der Waals surface area contributed by atoms with Crippen molar-refractivity contribution in [2.75, 3.05) is 79.7 Å². The zero-order valence-corrected chi connectivity index (χ0v) is 20.5. The van der Waals surface area contributed by atoms with Gasteiger partial charge in [0.25, 0.3) is 0 Å². The Hall–Kier alpha value is -0.240. The van der Waals surface area contributed by atoms with Crippen LogP contribution in [0.25, 0.3) is 0 Å². The highest BCUT2D eigenvalue weighted by Crippen LogP contribution is 2.41. The van der Waals surface area contributed by atoms with Gasteiger partial charge in [0, 0.05) is 63.4 Å². The van der Waals surface area contributed by atoms with E-state index in [-0.39, 0.29) is 22.3 Å². The molecule has 0 atom stereocenters. The fourth-order valence-electron chi connectivity index (χ4n) is 6.23. The first-order chi connectivity index (χ1) is 14.1. The van der Waals surface area contributed by atoms with Crippen LogP contribution in [0, 0.1) is 0 Å². The molecule has 0 unspecified atom stereocenters. The Morgan fingerprint density at radius 3 is 1.67 bits per heavy atom. The maximum atomic E-state index is 6.42. The van der Waals surface area contributed by atoms with E-state index in [1.54, 1.807) is 0 Å². The fourth-order valence-corrected chi connectivity index (χ4v) is 6.23. The number of ether oxygens (including phenoxy) is 2. The van der Waals surface area contributed by atoms with Crippen molar-refractivity contribution < 1.29 is 9.47 Å². The van der Waals surface area contributed by atoms with Crippen LogP contribution >= 0.6 is 0 Å². The quantitative estimate of drug-likeness (QED) is 0.693. The van der Waals surface area contributed by atoms with Gasteiger partial charge >= 0.3 is 0 Å². The molecular weight excluding hydrogens is 376 g/mol. The number of morpholine rings is 2. The largest absolute Gasteiger partial charge is 0.372 e. The lowest BCUT2D eigenvalue weighted by Crippen LogP contribution is -2.71. The molecule has 6 nitrogen and oxygen atoms in total. The first-order valence-corrected chi connectivity index (χ1v) is 12.2. The van der Waals surface area contributed by atoms with Gasteiger partial charge in [0.05, 0.1) is 24.4 Å². The van der Waals surface area contributed by atoms with Gasteiger partial charge in [-0.25, -0.2) is 0 Å². The molecular formula is C24H46N4O2. The summed E-state index contributed by atoms with van der Waals surface area (Å²) >= 11 is 0. The Morgan fingerprint density at radius 2 is 1.07 bits per heavy atom. The van der Waals surface area contributed by atoms with Gasteiger partial charge in [-0.3, -0.25) is 9.80 Å². The van der Waals surface area contributed by atoms with Crippen LogP contribution in [0.3, 0.4) is 0 Å². The molecule has 174 valence electrons. The normalized spacial score (nSPS) is 30.2. The minimum atomic E-state index is 0.0601. The van der Waals surface area contributed by atoms with Crippen molar-refractivity contribution >= 4 is 0 Å². The molecule has 4 fully saturated rings. The van der Waals surface area contributed by atoms with Gasteiger partial charge < -0.3 is 19.3 Å². The van der Waals surface area contributed by atoms with Crippen LogP contribution in [0.5, 0.6) is 0 Å². The van der Waals surface area contributed by atoms with Crippen LogP contribution in [0.1, 0.15) is 53.4 Å². The maximum Gasteiger partial charge on any atom is 0.0834 e. The van der Waals surface area contributed by atoms with Crippen molar-refractivity contribution in [2.24, 2.45) is 0 Å². The van der Waals surface area contributed by atoms with Crippen molar-refractivity contribution in [1.29, 1.82) is 0 Å². The third kappa shape index (κ3) is 4.20. The standard InChI is InChI=1S/C24H46N4O2/c1-21(2,27-13-9-23(10-14-27)19-26(6)15-17-29-23)22(3,4)28-16-18-30-24(20-28)7-11-25(5)12-8-24/h7-20H2,1-6H3. The van der Waals surface area contributed by atoms with Crippen molar-refractivity contribution in [3.05, 3.63) is 0 Å². The molecule has 2 spiro atoms. The van der Waals surface area contributed by atoms with Crippen molar-refractivity contribution in [3.8, 4) is 0 Å². The Balaban J connectivity index is 1.42. The second-order valence-corrected chi connectivity index (χ2v) is 11.6. The van der Waals surface area contributed by atoms with Gasteiger partial charge in [0.2, 0.25) is 0 Å². The monoisotopic (exact) mass is 422 g/mol. The van der Waals surface area contributed by atoms with E-state index in [1.165, 1.54) is 0 Å². The summed E-state index contributed by atoms with van der Waals surface area (Å²) in [5.74, 6) is 0. The summed E-state index contributed by atoms with van der Waals surface area (Å²) in [6.45, 7) is 20.5. The van der Waals surface area contributed by atoms with Gasteiger partial charge in [-0.1, -0.05) is 0 Å². The van der Waals surface area contributed by atoms with E-state index in [2.05, 4.69) is 61.4 Å². The summed E-state index contributed by atoms with van der Waals surface area (Å²) in [6, 6.07) is 0. The van der Waals surface area contributed by atoms with Crippen molar-refractivity contribution in [2.45, 2.75) is 75.7 Å². The molecule has 0 saturated carbocycles. The molecule has 4 aliphatic heterocycles. The Kier molecular flexibility index (Phi) is 6.32. The second kappa shape index (κ2) is 8.27. The second-order valence-electron chi connectivity index (χ2n) is 11.6. The fraction of sp³-hybridized carbons (Fsp3) is 1.00. The third-order valence-corrected chi connectivity index (χ3v) is 9.34. The van der Waals surface area contributed by atoms with Gasteiger partial charge in [0.1, 0.15) is 0 Å². The lowest BCUT2D eigenvalue weighted by molar-refractivity contribution is -0.179. The van der Waals surface area contributed by atoms with Crippen molar-refractivity contribution in [1.82, 2.24) is 19.6 Å². The molecule has 0 amide bonds. The average molecular weight is 423 g/mol. The molecule has 4 aliphatic rings. The minimum absolute atomic E-state index is 0.0601.